The van der Waals surface area contributed by atoms with Crippen LogP contribution in [0.15, 0.2) is 0 Å². The summed E-state index contributed by atoms with van der Waals surface area (Å²) in [6.07, 6.45) is 1.25. The number of rotatable bonds is 4. The largest absolute Gasteiger partial charge is 0.481 e. The van der Waals surface area contributed by atoms with Gasteiger partial charge in [0.25, 0.3) is 0 Å². The number of nitrogens with one attached hydrogen (secondary N) is 3. The maximum absolute atomic E-state index is 11.9. The minimum atomic E-state index is -0.972. The molecule has 1 aliphatic heterocycles. The van der Waals surface area contributed by atoms with E-state index < -0.39 is 24.1 Å². The summed E-state index contributed by atoms with van der Waals surface area (Å²) < 4.78 is 0. The lowest BCUT2D eigenvalue weighted by Gasteiger charge is -2.31. The van der Waals surface area contributed by atoms with Crippen LogP contribution in [0.1, 0.15) is 40.0 Å². The zero-order valence-electron chi connectivity index (χ0n) is 12.2. The predicted octanol–water partition coefficient (Wildman–Crippen LogP) is 0.454. The summed E-state index contributed by atoms with van der Waals surface area (Å²) in [5.41, 5.74) is -0.384. The summed E-state index contributed by atoms with van der Waals surface area (Å²) in [6, 6.07) is -1.56. The highest BCUT2D eigenvalue weighted by Crippen LogP contribution is 2.21. The van der Waals surface area contributed by atoms with E-state index in [0.717, 1.165) is 6.42 Å². The second-order valence-electron chi connectivity index (χ2n) is 6.12. The molecule has 0 bridgehead atoms. The summed E-state index contributed by atoms with van der Waals surface area (Å²) in [5, 5.41) is 16.8. The van der Waals surface area contributed by atoms with E-state index in [2.05, 4.69) is 16.0 Å². The summed E-state index contributed by atoms with van der Waals surface area (Å²) >= 11 is 0. The first-order chi connectivity index (χ1) is 9.20. The number of carboxylic acids is 1. The fraction of sp³-hybridized carbons (Fsp3) is 0.769. The molecule has 1 saturated heterocycles. The summed E-state index contributed by atoms with van der Waals surface area (Å²) in [6.45, 7) is 6.19. The van der Waals surface area contributed by atoms with E-state index in [1.165, 1.54) is 0 Å². The molecule has 1 fully saturated rings. The molecule has 0 aromatic rings. The second kappa shape index (κ2) is 6.58. The van der Waals surface area contributed by atoms with E-state index in [1.807, 2.05) is 20.8 Å². The Balaban J connectivity index is 2.57. The second-order valence-corrected chi connectivity index (χ2v) is 6.12. The van der Waals surface area contributed by atoms with Gasteiger partial charge in [0.05, 0.1) is 6.42 Å². The zero-order valence-corrected chi connectivity index (χ0v) is 12.2. The molecule has 20 heavy (non-hydrogen) atoms. The Kier molecular flexibility index (Phi) is 5.35. The van der Waals surface area contributed by atoms with Gasteiger partial charge in [0, 0.05) is 12.6 Å². The SMILES string of the molecule is CC(C)(C)C(CC(=O)O)NC(=O)NC1CCCNC1=O. The third-order valence-corrected chi connectivity index (χ3v) is 3.32. The van der Waals surface area contributed by atoms with E-state index in [9.17, 15) is 14.4 Å². The number of carbonyl (C=O) groups excluding carboxylic acids is 2. The van der Waals surface area contributed by atoms with Gasteiger partial charge in [-0.3, -0.25) is 9.59 Å². The molecule has 2 unspecified atom stereocenters. The van der Waals surface area contributed by atoms with Crippen LogP contribution in [0, 0.1) is 5.41 Å². The number of urea groups is 1. The average molecular weight is 285 g/mol. The van der Waals surface area contributed by atoms with Gasteiger partial charge in [0.15, 0.2) is 0 Å². The van der Waals surface area contributed by atoms with Crippen molar-refractivity contribution in [1.82, 2.24) is 16.0 Å². The van der Waals surface area contributed by atoms with Crippen LogP contribution in [-0.2, 0) is 9.59 Å². The third-order valence-electron chi connectivity index (χ3n) is 3.32. The van der Waals surface area contributed by atoms with Crippen LogP contribution in [0.5, 0.6) is 0 Å². The third kappa shape index (κ3) is 5.07. The topological polar surface area (TPSA) is 108 Å². The number of hydrogen-bond acceptors (Lipinski definition) is 3. The molecule has 1 heterocycles. The van der Waals surface area contributed by atoms with Crippen molar-refractivity contribution in [3.8, 4) is 0 Å². The molecule has 1 rings (SSSR count). The number of aliphatic carboxylic acids is 1. The fourth-order valence-corrected chi connectivity index (χ4v) is 2.02. The number of piperidine rings is 1. The van der Waals surface area contributed by atoms with E-state index in [4.69, 9.17) is 5.11 Å². The molecule has 0 aromatic carbocycles. The molecular formula is C13H23N3O4. The van der Waals surface area contributed by atoms with Crippen molar-refractivity contribution in [3.05, 3.63) is 0 Å². The molecule has 2 atom stereocenters. The zero-order chi connectivity index (χ0) is 15.3. The van der Waals surface area contributed by atoms with Crippen molar-refractivity contribution in [1.29, 1.82) is 0 Å². The van der Waals surface area contributed by atoms with Crippen molar-refractivity contribution in [3.63, 3.8) is 0 Å². The van der Waals surface area contributed by atoms with E-state index in [1.54, 1.807) is 0 Å². The van der Waals surface area contributed by atoms with Crippen molar-refractivity contribution in [2.24, 2.45) is 5.41 Å². The highest BCUT2D eigenvalue weighted by atomic mass is 16.4. The maximum Gasteiger partial charge on any atom is 0.315 e. The lowest BCUT2D eigenvalue weighted by atomic mass is 9.85. The van der Waals surface area contributed by atoms with E-state index in [-0.39, 0.29) is 17.7 Å². The van der Waals surface area contributed by atoms with Gasteiger partial charge >= 0.3 is 12.0 Å². The van der Waals surface area contributed by atoms with Gasteiger partial charge in [0.2, 0.25) is 5.91 Å². The first kappa shape index (κ1) is 16.3. The molecule has 7 heteroatoms. The Bertz CT molecular complexity index is 390. The monoisotopic (exact) mass is 285 g/mol. The summed E-state index contributed by atoms with van der Waals surface area (Å²) in [4.78, 5) is 34.3. The summed E-state index contributed by atoms with van der Waals surface area (Å²) in [5.74, 6) is -1.17. The Labute approximate surface area is 118 Å². The van der Waals surface area contributed by atoms with Gasteiger partial charge in [-0.05, 0) is 18.3 Å². The van der Waals surface area contributed by atoms with Gasteiger partial charge in [0.1, 0.15) is 6.04 Å². The van der Waals surface area contributed by atoms with Crippen LogP contribution < -0.4 is 16.0 Å². The predicted molar refractivity (Wildman–Crippen MR) is 73.2 cm³/mol. The van der Waals surface area contributed by atoms with Crippen LogP contribution >= 0.6 is 0 Å². The van der Waals surface area contributed by atoms with Gasteiger partial charge in [-0.1, -0.05) is 20.8 Å². The highest BCUT2D eigenvalue weighted by molar-refractivity contribution is 5.87. The van der Waals surface area contributed by atoms with E-state index in [0.29, 0.717) is 13.0 Å². The molecule has 0 spiro atoms. The Morgan fingerprint density at radius 1 is 1.45 bits per heavy atom. The molecule has 7 nitrogen and oxygen atoms in total. The van der Waals surface area contributed by atoms with Gasteiger partial charge < -0.3 is 21.1 Å². The lowest BCUT2D eigenvalue weighted by molar-refractivity contribution is -0.138. The highest BCUT2D eigenvalue weighted by Gasteiger charge is 2.30. The first-order valence-corrected chi connectivity index (χ1v) is 6.76. The first-order valence-electron chi connectivity index (χ1n) is 6.76. The van der Waals surface area contributed by atoms with Gasteiger partial charge in [-0.25, -0.2) is 4.79 Å². The molecule has 0 saturated carbocycles. The standard InChI is InChI=1S/C13H23N3O4/c1-13(2,3)9(7-10(17)18)16-12(20)15-8-5-4-6-14-11(8)19/h8-9H,4-7H2,1-3H3,(H,14,19)(H,17,18)(H2,15,16,20). The Morgan fingerprint density at radius 2 is 2.10 bits per heavy atom. The number of amides is 3. The minimum absolute atomic E-state index is 0.159. The molecule has 4 N–H and O–H groups in total. The normalized spacial score (nSPS) is 20.8. The van der Waals surface area contributed by atoms with Crippen LogP contribution in [0.3, 0.4) is 0 Å². The van der Waals surface area contributed by atoms with Crippen LogP contribution in [0.25, 0.3) is 0 Å². The van der Waals surface area contributed by atoms with Crippen molar-refractivity contribution >= 4 is 17.9 Å². The average Bonchev–Trinajstić information content (AvgIpc) is 2.29. The Morgan fingerprint density at radius 3 is 2.60 bits per heavy atom. The number of carbonyl (C=O) groups is 3. The molecular weight excluding hydrogens is 262 g/mol. The lowest BCUT2D eigenvalue weighted by Crippen LogP contribution is -2.56. The molecule has 0 aliphatic carbocycles. The number of hydrogen-bond donors (Lipinski definition) is 4. The fourth-order valence-electron chi connectivity index (χ4n) is 2.02. The maximum atomic E-state index is 11.9. The van der Waals surface area contributed by atoms with E-state index >= 15 is 0 Å². The molecule has 114 valence electrons. The van der Waals surface area contributed by atoms with Crippen molar-refractivity contribution in [2.45, 2.75) is 52.1 Å². The minimum Gasteiger partial charge on any atom is -0.481 e. The van der Waals surface area contributed by atoms with Gasteiger partial charge in [-0.15, -0.1) is 0 Å². The number of carboxylic acid groups (broad SMARTS) is 1. The van der Waals surface area contributed by atoms with Gasteiger partial charge in [-0.2, -0.15) is 0 Å². The summed E-state index contributed by atoms with van der Waals surface area (Å²) in [7, 11) is 0. The molecule has 0 radical (unpaired) electrons. The Hall–Kier alpha value is -1.79. The van der Waals surface area contributed by atoms with Crippen molar-refractivity contribution < 1.29 is 19.5 Å². The van der Waals surface area contributed by atoms with Crippen LogP contribution in [0.4, 0.5) is 4.79 Å². The smallest absolute Gasteiger partial charge is 0.315 e. The molecule has 1 aliphatic rings. The van der Waals surface area contributed by atoms with Crippen LogP contribution in [0.2, 0.25) is 0 Å². The van der Waals surface area contributed by atoms with Crippen LogP contribution in [-0.4, -0.2) is 41.6 Å². The molecule has 3 amide bonds. The molecule has 0 aromatic heterocycles. The quantitative estimate of drug-likeness (QED) is 0.601. The van der Waals surface area contributed by atoms with Crippen molar-refractivity contribution in [2.75, 3.05) is 6.54 Å².